The van der Waals surface area contributed by atoms with E-state index in [0.29, 0.717) is 36.0 Å². The molecule has 0 saturated heterocycles. The van der Waals surface area contributed by atoms with E-state index in [4.69, 9.17) is 18.9 Å². The van der Waals surface area contributed by atoms with Crippen molar-refractivity contribution in [1.29, 1.82) is 0 Å². The Morgan fingerprint density at radius 2 is 1.59 bits per heavy atom. The van der Waals surface area contributed by atoms with E-state index in [1.54, 1.807) is 26.4 Å². The van der Waals surface area contributed by atoms with Crippen LogP contribution in [-0.2, 0) is 23.1 Å². The minimum atomic E-state index is -0.360. The predicted molar refractivity (Wildman–Crippen MR) is 112 cm³/mol. The fourth-order valence-corrected chi connectivity index (χ4v) is 2.42. The largest absolute Gasteiger partial charge is 0.496 e. The number of anilines is 1. The topological polar surface area (TPSA) is 66.0 Å². The maximum absolute atomic E-state index is 11.5. The first-order valence-electron chi connectivity index (χ1n) is 8.13. The molecule has 0 radical (unpaired) electrons. The van der Waals surface area contributed by atoms with Gasteiger partial charge in [-0.1, -0.05) is 11.8 Å². The van der Waals surface area contributed by atoms with Crippen LogP contribution in [0.2, 0.25) is 0 Å². The van der Waals surface area contributed by atoms with E-state index in [0.717, 1.165) is 11.3 Å². The zero-order valence-corrected chi connectivity index (χ0v) is 17.6. The molecular formula is C19H24NO5PS. The van der Waals surface area contributed by atoms with Crippen LogP contribution in [0.5, 0.6) is 17.2 Å². The summed E-state index contributed by atoms with van der Waals surface area (Å²) >= 11 is 3.89. The molecule has 6 nitrogen and oxygen atoms in total. The molecular weight excluding hydrogens is 385 g/mol. The van der Waals surface area contributed by atoms with Gasteiger partial charge in [-0.15, -0.1) is 0 Å². The van der Waals surface area contributed by atoms with Crippen LogP contribution in [0.1, 0.15) is 22.8 Å². The molecule has 8 heteroatoms. The molecule has 0 heterocycles. The third-order valence-electron chi connectivity index (χ3n) is 3.67. The fourth-order valence-electron chi connectivity index (χ4n) is 2.42. The number of ether oxygens (including phenoxy) is 4. The number of carbonyl (C=O) groups is 1. The average Bonchev–Trinajstić information content (AvgIpc) is 2.73. The highest BCUT2D eigenvalue weighted by atomic mass is 32.4. The minimum Gasteiger partial charge on any atom is -0.496 e. The van der Waals surface area contributed by atoms with E-state index in [-0.39, 0.29) is 5.97 Å². The quantitative estimate of drug-likeness (QED) is 0.520. The number of rotatable bonds is 8. The third-order valence-corrected chi connectivity index (χ3v) is 3.67. The Hall–Kier alpha value is -2.37. The van der Waals surface area contributed by atoms with Crippen molar-refractivity contribution < 1.29 is 23.7 Å². The monoisotopic (exact) mass is 409 g/mol. The number of hydrogen-bond acceptors (Lipinski definition) is 7. The fraction of sp³-hybridized carbons (Fsp3) is 0.316. The van der Waals surface area contributed by atoms with Crippen molar-refractivity contribution in [2.45, 2.75) is 13.5 Å². The number of nitrogens with one attached hydrogen (secondary N) is 1. The van der Waals surface area contributed by atoms with Gasteiger partial charge in [0.2, 0.25) is 0 Å². The van der Waals surface area contributed by atoms with Crippen molar-refractivity contribution in [2.24, 2.45) is 0 Å². The predicted octanol–water partition coefficient (Wildman–Crippen LogP) is 4.09. The Labute approximate surface area is 167 Å². The van der Waals surface area contributed by atoms with E-state index >= 15 is 0 Å². The van der Waals surface area contributed by atoms with E-state index in [1.807, 2.05) is 31.2 Å². The van der Waals surface area contributed by atoms with Gasteiger partial charge in [0, 0.05) is 24.4 Å². The van der Waals surface area contributed by atoms with Crippen LogP contribution < -0.4 is 19.5 Å². The number of hydrogen-bond donors (Lipinski definition) is 1. The first-order valence-corrected chi connectivity index (χ1v) is 9.76. The normalized spacial score (nSPS) is 9.48. The molecule has 0 aliphatic rings. The zero-order chi connectivity index (χ0) is 20.2. The summed E-state index contributed by atoms with van der Waals surface area (Å²) in [5.41, 5.74) is 2.25. The Balaban J connectivity index is 0.00000176. The van der Waals surface area contributed by atoms with Crippen LogP contribution in [0, 0.1) is 0 Å². The maximum atomic E-state index is 11.5. The maximum Gasteiger partial charge on any atom is 0.337 e. The van der Waals surface area contributed by atoms with Gasteiger partial charge in [-0.3, -0.25) is 0 Å². The minimum absolute atomic E-state index is 0.360. The molecule has 2 rings (SSSR count). The lowest BCUT2D eigenvalue weighted by molar-refractivity contribution is 0.0601. The molecule has 0 bridgehead atoms. The second-order valence-corrected chi connectivity index (χ2v) is 5.16. The van der Waals surface area contributed by atoms with Gasteiger partial charge in [-0.05, 0) is 39.2 Å². The molecule has 0 fully saturated rings. The van der Waals surface area contributed by atoms with Gasteiger partial charge in [0.05, 0.1) is 39.1 Å². The summed E-state index contributed by atoms with van der Waals surface area (Å²) in [6, 6.07) is 10.7. The van der Waals surface area contributed by atoms with Crippen LogP contribution in [-0.4, -0.2) is 33.9 Å². The highest BCUT2D eigenvalue weighted by molar-refractivity contribution is 7.88. The van der Waals surface area contributed by atoms with Crippen molar-refractivity contribution >= 4 is 31.5 Å². The molecule has 0 atom stereocenters. The van der Waals surface area contributed by atoms with Gasteiger partial charge in [-0.2, -0.15) is 0 Å². The van der Waals surface area contributed by atoms with Gasteiger partial charge in [-0.25, -0.2) is 4.79 Å². The number of esters is 1. The summed E-state index contributed by atoms with van der Waals surface area (Å²) in [4.78, 5) is 11.5. The van der Waals surface area contributed by atoms with Crippen LogP contribution in [0.25, 0.3) is 0 Å². The third kappa shape index (κ3) is 6.38. The van der Waals surface area contributed by atoms with Crippen LogP contribution in [0.4, 0.5) is 5.69 Å². The van der Waals surface area contributed by atoms with Crippen LogP contribution in [0.3, 0.4) is 0 Å². The number of methoxy groups -OCH3 is 3. The summed E-state index contributed by atoms with van der Waals surface area (Å²) in [5.74, 6) is 1.70. The smallest absolute Gasteiger partial charge is 0.337 e. The number of benzene rings is 2. The van der Waals surface area contributed by atoms with E-state index in [9.17, 15) is 4.79 Å². The Bertz CT molecular complexity index is 714. The lowest BCUT2D eigenvalue weighted by Crippen LogP contribution is -2.06. The molecule has 0 aromatic heterocycles. The van der Waals surface area contributed by atoms with Crippen molar-refractivity contribution in [1.82, 2.24) is 0 Å². The summed E-state index contributed by atoms with van der Waals surface area (Å²) in [7, 11) is 7.14. The Morgan fingerprint density at radius 1 is 1.04 bits per heavy atom. The molecule has 2 aromatic rings. The van der Waals surface area contributed by atoms with E-state index in [2.05, 4.69) is 25.1 Å². The second-order valence-electron chi connectivity index (χ2n) is 5.16. The lowest BCUT2D eigenvalue weighted by Gasteiger charge is -2.16. The standard InChI is InChI=1S/C19H23NO5.HPS/c1-5-25-15-10-17(22-2)16(18(11-15)23-3)12-20-14-8-6-13(7-9-14)19(21)24-4;1-2/h6-11,20H,5,12H2,1-4H3;1H. The molecule has 0 aliphatic heterocycles. The second kappa shape index (κ2) is 12.1. The van der Waals surface area contributed by atoms with Crippen LogP contribution >= 0.6 is 8.02 Å². The van der Waals surface area contributed by atoms with Crippen molar-refractivity contribution in [3.8, 4) is 17.2 Å². The summed E-state index contributed by atoms with van der Waals surface area (Å²) in [5, 5.41) is 3.29. The molecule has 0 unspecified atom stereocenters. The van der Waals surface area contributed by atoms with Gasteiger partial charge in [0.25, 0.3) is 0 Å². The van der Waals surface area contributed by atoms with Crippen molar-refractivity contribution in [2.75, 3.05) is 33.3 Å². The molecule has 27 heavy (non-hydrogen) atoms. The average molecular weight is 409 g/mol. The van der Waals surface area contributed by atoms with Gasteiger partial charge >= 0.3 is 5.97 Å². The summed E-state index contributed by atoms with van der Waals surface area (Å²) < 4.78 is 21.2. The Morgan fingerprint density at radius 3 is 2.04 bits per heavy atom. The van der Waals surface area contributed by atoms with Crippen LogP contribution in [0.15, 0.2) is 36.4 Å². The first-order chi connectivity index (χ1) is 13.1. The van der Waals surface area contributed by atoms with Gasteiger partial charge in [0.1, 0.15) is 17.2 Å². The zero-order valence-electron chi connectivity index (χ0n) is 15.8. The highest BCUT2D eigenvalue weighted by Gasteiger charge is 2.13. The van der Waals surface area contributed by atoms with E-state index in [1.165, 1.54) is 7.11 Å². The molecule has 0 amide bonds. The van der Waals surface area contributed by atoms with Crippen molar-refractivity contribution in [3.63, 3.8) is 0 Å². The Kier molecular flexibility index (Phi) is 10.2. The molecule has 2 aromatic carbocycles. The molecule has 0 spiro atoms. The van der Waals surface area contributed by atoms with Crippen molar-refractivity contribution in [3.05, 3.63) is 47.5 Å². The SMILES string of the molecule is CCOc1cc(OC)c(CNc2ccc(C(=O)OC)cc2)c(OC)c1.P=S. The van der Waals surface area contributed by atoms with E-state index < -0.39 is 0 Å². The molecule has 1 N–H and O–H groups in total. The molecule has 0 aliphatic carbocycles. The van der Waals surface area contributed by atoms with Gasteiger partial charge < -0.3 is 24.3 Å². The summed E-state index contributed by atoms with van der Waals surface area (Å²) in [6.07, 6.45) is 0. The first kappa shape index (κ1) is 22.7. The molecule has 0 saturated carbocycles. The molecule has 146 valence electrons. The number of carbonyl (C=O) groups excluding carboxylic acids is 1. The lowest BCUT2D eigenvalue weighted by atomic mass is 10.1. The van der Waals surface area contributed by atoms with Gasteiger partial charge in [0.15, 0.2) is 0 Å². The summed E-state index contributed by atoms with van der Waals surface area (Å²) in [6.45, 7) is 2.99. The highest BCUT2D eigenvalue weighted by Crippen LogP contribution is 2.34.